The molecule has 0 radical (unpaired) electrons. The topological polar surface area (TPSA) is 102 Å². The number of ketones is 1. The second-order valence-corrected chi connectivity index (χ2v) is 5.94. The van der Waals surface area contributed by atoms with Crippen LogP contribution < -0.4 is 9.47 Å². The summed E-state index contributed by atoms with van der Waals surface area (Å²) in [7, 11) is 4.46. The Kier molecular flexibility index (Phi) is 6.75. The second-order valence-electron chi connectivity index (χ2n) is 5.94. The molecule has 0 N–H and O–H groups in total. The summed E-state index contributed by atoms with van der Waals surface area (Å²) in [5.74, 6) is -0.419. The molecule has 0 saturated carbocycles. The van der Waals surface area contributed by atoms with Crippen LogP contribution in [0.1, 0.15) is 23.2 Å². The molecule has 146 valence electrons. The highest BCUT2D eigenvalue weighted by Crippen LogP contribution is 2.25. The van der Waals surface area contributed by atoms with Crippen LogP contribution in [0.3, 0.4) is 0 Å². The van der Waals surface area contributed by atoms with Crippen molar-refractivity contribution in [3.63, 3.8) is 0 Å². The van der Waals surface area contributed by atoms with Gasteiger partial charge in [-0.05, 0) is 18.6 Å². The maximum Gasteiger partial charge on any atom is 0.326 e. The number of esters is 1. The summed E-state index contributed by atoms with van der Waals surface area (Å²) in [5, 5.41) is 0. The van der Waals surface area contributed by atoms with Crippen LogP contribution in [0.15, 0.2) is 18.2 Å². The number of hydrogen-bond donors (Lipinski definition) is 0. The number of carbonyl (C=O) groups excluding carboxylic acids is 4. The van der Waals surface area contributed by atoms with Crippen LogP contribution in [0.5, 0.6) is 11.5 Å². The van der Waals surface area contributed by atoms with E-state index in [4.69, 9.17) is 14.2 Å². The Balaban J connectivity index is 1.79. The summed E-state index contributed by atoms with van der Waals surface area (Å²) in [6.45, 7) is -0.245. The summed E-state index contributed by atoms with van der Waals surface area (Å²) in [6.07, 6.45) is 0.262. The zero-order chi connectivity index (χ0) is 20.0. The first-order valence-corrected chi connectivity index (χ1v) is 8.33. The normalized spacial score (nSPS) is 13.7. The Morgan fingerprint density at radius 3 is 2.48 bits per heavy atom. The molecule has 9 heteroatoms. The van der Waals surface area contributed by atoms with Gasteiger partial charge < -0.3 is 19.1 Å². The van der Waals surface area contributed by atoms with Gasteiger partial charge in [0.2, 0.25) is 11.7 Å². The number of carbonyl (C=O) groups is 4. The lowest BCUT2D eigenvalue weighted by Gasteiger charge is -2.13. The van der Waals surface area contributed by atoms with Crippen LogP contribution in [0.25, 0.3) is 0 Å². The van der Waals surface area contributed by atoms with Crippen molar-refractivity contribution in [3.8, 4) is 11.5 Å². The highest BCUT2D eigenvalue weighted by molar-refractivity contribution is 6.02. The van der Waals surface area contributed by atoms with E-state index in [9.17, 15) is 19.2 Å². The van der Waals surface area contributed by atoms with Crippen LogP contribution in [-0.2, 0) is 14.3 Å². The molecule has 1 fully saturated rings. The second kappa shape index (κ2) is 9.02. The van der Waals surface area contributed by atoms with Crippen molar-refractivity contribution in [2.75, 3.05) is 41.0 Å². The van der Waals surface area contributed by atoms with Crippen molar-refractivity contribution in [2.45, 2.75) is 12.8 Å². The number of benzene rings is 1. The number of rotatable bonds is 9. The lowest BCUT2D eigenvalue weighted by atomic mass is 10.1. The third-order valence-electron chi connectivity index (χ3n) is 4.07. The standard InChI is InChI=1S/C18H22N2O7/c1-19-10-16(22)20(18(19)24)8-4-5-17(23)27-11-14(21)13-7-6-12(25-2)9-15(13)26-3/h6-7,9H,4-5,8,10-11H2,1-3H3. The van der Waals surface area contributed by atoms with Crippen LogP contribution in [0.4, 0.5) is 4.79 Å². The molecule has 0 aliphatic carbocycles. The van der Waals surface area contributed by atoms with Gasteiger partial charge in [-0.3, -0.25) is 19.3 Å². The molecule has 1 aliphatic rings. The van der Waals surface area contributed by atoms with E-state index in [2.05, 4.69) is 0 Å². The number of Topliss-reactive ketones (excluding diaryl/α,β-unsaturated/α-hetero) is 1. The fraction of sp³-hybridized carbons (Fsp3) is 0.444. The van der Waals surface area contributed by atoms with Crippen molar-refractivity contribution in [1.29, 1.82) is 0 Å². The number of amides is 3. The van der Waals surface area contributed by atoms with Gasteiger partial charge in [0, 0.05) is 26.1 Å². The van der Waals surface area contributed by atoms with Gasteiger partial charge in [0.1, 0.15) is 18.0 Å². The minimum Gasteiger partial charge on any atom is -0.497 e. The van der Waals surface area contributed by atoms with Gasteiger partial charge in [-0.25, -0.2) is 4.79 Å². The van der Waals surface area contributed by atoms with Crippen LogP contribution >= 0.6 is 0 Å². The van der Waals surface area contributed by atoms with E-state index in [-0.39, 0.29) is 43.4 Å². The molecule has 1 saturated heterocycles. The van der Waals surface area contributed by atoms with E-state index >= 15 is 0 Å². The zero-order valence-corrected chi connectivity index (χ0v) is 15.5. The SMILES string of the molecule is COc1ccc(C(=O)COC(=O)CCCN2C(=O)CN(C)C2=O)c(OC)c1. The summed E-state index contributed by atoms with van der Waals surface area (Å²) in [5.41, 5.74) is 0.280. The molecule has 1 aliphatic heterocycles. The van der Waals surface area contributed by atoms with Gasteiger partial charge in [0.15, 0.2) is 6.61 Å². The number of imide groups is 1. The van der Waals surface area contributed by atoms with Gasteiger partial charge in [-0.1, -0.05) is 0 Å². The average Bonchev–Trinajstić information content (AvgIpc) is 2.91. The maximum absolute atomic E-state index is 12.2. The van der Waals surface area contributed by atoms with E-state index in [1.807, 2.05) is 0 Å². The first kappa shape index (κ1) is 20.2. The predicted octanol–water partition coefficient (Wildman–Crippen LogP) is 1.10. The fourth-order valence-electron chi connectivity index (χ4n) is 2.60. The fourth-order valence-corrected chi connectivity index (χ4v) is 2.60. The van der Waals surface area contributed by atoms with Crippen molar-refractivity contribution >= 4 is 23.7 Å². The van der Waals surface area contributed by atoms with E-state index in [0.717, 1.165) is 4.90 Å². The highest BCUT2D eigenvalue weighted by atomic mass is 16.5. The van der Waals surface area contributed by atoms with E-state index in [0.29, 0.717) is 11.5 Å². The molecule has 0 bridgehead atoms. The Morgan fingerprint density at radius 2 is 1.89 bits per heavy atom. The number of urea groups is 1. The molecule has 1 aromatic rings. The Labute approximate surface area is 156 Å². The lowest BCUT2D eigenvalue weighted by molar-refractivity contribution is -0.142. The van der Waals surface area contributed by atoms with E-state index in [1.54, 1.807) is 12.1 Å². The Hall–Kier alpha value is -3.10. The number of methoxy groups -OCH3 is 2. The van der Waals surface area contributed by atoms with Gasteiger partial charge in [-0.15, -0.1) is 0 Å². The molecule has 3 amide bonds. The van der Waals surface area contributed by atoms with E-state index in [1.165, 1.54) is 32.2 Å². The minimum atomic E-state index is -0.580. The predicted molar refractivity (Wildman–Crippen MR) is 93.8 cm³/mol. The third kappa shape index (κ3) is 4.96. The lowest BCUT2D eigenvalue weighted by Crippen LogP contribution is -2.32. The smallest absolute Gasteiger partial charge is 0.326 e. The van der Waals surface area contributed by atoms with Gasteiger partial charge in [0.05, 0.1) is 19.8 Å². The molecule has 2 rings (SSSR count). The van der Waals surface area contributed by atoms with Crippen molar-refractivity contribution < 1.29 is 33.4 Å². The zero-order valence-electron chi connectivity index (χ0n) is 15.5. The van der Waals surface area contributed by atoms with Crippen LogP contribution in [0, 0.1) is 0 Å². The summed E-state index contributed by atoms with van der Waals surface area (Å²) >= 11 is 0. The molecule has 9 nitrogen and oxygen atoms in total. The number of hydrogen-bond acceptors (Lipinski definition) is 7. The highest BCUT2D eigenvalue weighted by Gasteiger charge is 2.32. The third-order valence-corrected chi connectivity index (χ3v) is 4.07. The summed E-state index contributed by atoms with van der Waals surface area (Å²) in [4.78, 5) is 49.8. The quantitative estimate of drug-likeness (QED) is 0.360. The molecule has 0 unspecified atom stereocenters. The number of ether oxygens (including phenoxy) is 3. The minimum absolute atomic E-state index is 0.00615. The first-order valence-electron chi connectivity index (χ1n) is 8.33. The van der Waals surface area contributed by atoms with Crippen molar-refractivity contribution in [1.82, 2.24) is 9.80 Å². The molecular formula is C18H22N2O7. The van der Waals surface area contributed by atoms with Crippen molar-refractivity contribution in [2.24, 2.45) is 0 Å². The van der Waals surface area contributed by atoms with Gasteiger partial charge in [0.25, 0.3) is 0 Å². The number of likely N-dealkylation sites (N-methyl/N-ethyl adjacent to an activating group) is 1. The van der Waals surface area contributed by atoms with Crippen molar-refractivity contribution in [3.05, 3.63) is 23.8 Å². The molecule has 1 aromatic carbocycles. The molecule has 0 spiro atoms. The van der Waals surface area contributed by atoms with Crippen LogP contribution in [0.2, 0.25) is 0 Å². The molecule has 27 heavy (non-hydrogen) atoms. The molecule has 0 atom stereocenters. The van der Waals surface area contributed by atoms with Crippen LogP contribution in [-0.4, -0.2) is 74.5 Å². The van der Waals surface area contributed by atoms with E-state index < -0.39 is 18.4 Å². The van der Waals surface area contributed by atoms with Gasteiger partial charge >= 0.3 is 12.0 Å². The largest absolute Gasteiger partial charge is 0.497 e. The van der Waals surface area contributed by atoms with Gasteiger partial charge in [-0.2, -0.15) is 0 Å². The molecule has 0 aromatic heterocycles. The molecule has 1 heterocycles. The maximum atomic E-state index is 12.2. The Morgan fingerprint density at radius 1 is 1.15 bits per heavy atom. The monoisotopic (exact) mass is 378 g/mol. The summed E-state index contributed by atoms with van der Waals surface area (Å²) < 4.78 is 15.2. The Bertz CT molecular complexity index is 747. The number of nitrogens with zero attached hydrogens (tertiary/aromatic N) is 2. The average molecular weight is 378 g/mol. The first-order chi connectivity index (χ1) is 12.9. The molecular weight excluding hydrogens is 356 g/mol. The summed E-state index contributed by atoms with van der Waals surface area (Å²) in [6, 6.07) is 4.33.